The zero-order chi connectivity index (χ0) is 18.1. The Morgan fingerprint density at radius 2 is 2.04 bits per heavy atom. The van der Waals surface area contributed by atoms with Gasteiger partial charge in [0.25, 0.3) is 5.91 Å². The zero-order valence-electron chi connectivity index (χ0n) is 15.1. The second-order valence-electron chi connectivity index (χ2n) is 6.89. The third-order valence-electron chi connectivity index (χ3n) is 5.23. The van der Waals surface area contributed by atoms with E-state index in [0.29, 0.717) is 17.8 Å². The molecule has 0 unspecified atom stereocenters. The van der Waals surface area contributed by atoms with Crippen LogP contribution in [0.25, 0.3) is 0 Å². The Balaban J connectivity index is 0.00000210. The molecule has 0 bridgehead atoms. The number of ether oxygens (including phenoxy) is 1. The third-order valence-corrected chi connectivity index (χ3v) is 5.23. The molecule has 1 N–H and O–H groups in total. The van der Waals surface area contributed by atoms with Crippen molar-refractivity contribution >= 4 is 24.3 Å². The molecule has 0 spiro atoms. The second-order valence-corrected chi connectivity index (χ2v) is 6.89. The lowest BCUT2D eigenvalue weighted by Gasteiger charge is -2.27. The van der Waals surface area contributed by atoms with E-state index in [0.717, 1.165) is 37.1 Å². The first-order valence-electron chi connectivity index (χ1n) is 8.79. The van der Waals surface area contributed by atoms with Gasteiger partial charge in [0, 0.05) is 32.1 Å². The smallest absolute Gasteiger partial charge is 0.338 e. The molecular weight excluding hydrogens is 370 g/mol. The Labute approximate surface area is 163 Å². The number of nitrogens with zero attached hydrogens (tertiary/aromatic N) is 2. The summed E-state index contributed by atoms with van der Waals surface area (Å²) < 4.78 is 10.8. The molecule has 4 rings (SSSR count). The molecule has 0 atom stereocenters. The Morgan fingerprint density at radius 3 is 2.74 bits per heavy atom. The fourth-order valence-corrected chi connectivity index (χ4v) is 3.26. The molecule has 7 nitrogen and oxygen atoms in total. The van der Waals surface area contributed by atoms with Crippen LogP contribution < -0.4 is 5.32 Å². The van der Waals surface area contributed by atoms with Crippen molar-refractivity contribution in [3.8, 4) is 0 Å². The fourth-order valence-electron chi connectivity index (χ4n) is 3.26. The molecular formula is C19H22ClN3O4. The SMILES string of the molecule is CN(C(=O)c1noc2c1CNCC2)C1(COC(=O)c2ccccc2)CC1.Cl. The summed E-state index contributed by atoms with van der Waals surface area (Å²) in [6.07, 6.45) is 2.34. The van der Waals surface area contributed by atoms with Crippen molar-refractivity contribution in [1.29, 1.82) is 0 Å². The standard InChI is InChI=1S/C19H21N3O4.ClH/c1-22(17(23)16-14-11-20-10-7-15(14)26-21-16)19(8-9-19)12-25-18(24)13-5-3-2-4-6-13;/h2-6,20H,7-12H2,1H3;1H. The second kappa shape index (κ2) is 7.70. The highest BCUT2D eigenvalue weighted by molar-refractivity contribution is 5.94. The summed E-state index contributed by atoms with van der Waals surface area (Å²) in [6.45, 7) is 1.59. The number of aromatic nitrogens is 1. The number of amides is 1. The van der Waals surface area contributed by atoms with Crippen molar-refractivity contribution in [3.63, 3.8) is 0 Å². The predicted molar refractivity (Wildman–Crippen MR) is 99.9 cm³/mol. The molecule has 2 aromatic rings. The summed E-state index contributed by atoms with van der Waals surface area (Å²) in [5, 5.41) is 7.22. The van der Waals surface area contributed by atoms with Crippen molar-refractivity contribution in [2.24, 2.45) is 0 Å². The number of nitrogens with one attached hydrogen (secondary N) is 1. The average Bonchev–Trinajstić information content (AvgIpc) is 3.36. The van der Waals surface area contributed by atoms with Crippen LogP contribution in [0.1, 0.15) is 45.0 Å². The van der Waals surface area contributed by atoms with Gasteiger partial charge in [-0.05, 0) is 25.0 Å². The summed E-state index contributed by atoms with van der Waals surface area (Å²) in [7, 11) is 1.74. The summed E-state index contributed by atoms with van der Waals surface area (Å²) in [5.41, 5.74) is 1.25. The van der Waals surface area contributed by atoms with Gasteiger partial charge in [-0.15, -0.1) is 12.4 Å². The van der Waals surface area contributed by atoms with Gasteiger partial charge in [0.1, 0.15) is 12.4 Å². The maximum atomic E-state index is 12.9. The minimum absolute atomic E-state index is 0. The molecule has 8 heteroatoms. The molecule has 0 saturated heterocycles. The summed E-state index contributed by atoms with van der Waals surface area (Å²) in [4.78, 5) is 26.7. The Hall–Kier alpha value is -2.38. The first kappa shape index (κ1) is 19.4. The molecule has 1 aromatic carbocycles. The normalized spacial score (nSPS) is 16.6. The van der Waals surface area contributed by atoms with Crippen LogP contribution >= 0.6 is 12.4 Å². The van der Waals surface area contributed by atoms with Gasteiger partial charge < -0.3 is 19.5 Å². The number of rotatable bonds is 5. The molecule has 2 heterocycles. The van der Waals surface area contributed by atoms with Crippen LogP contribution in [0, 0.1) is 0 Å². The number of halogens is 1. The van der Waals surface area contributed by atoms with E-state index < -0.39 is 5.54 Å². The number of hydrogen-bond donors (Lipinski definition) is 1. The van der Waals surface area contributed by atoms with Crippen LogP contribution in [-0.2, 0) is 17.7 Å². The van der Waals surface area contributed by atoms with E-state index in [4.69, 9.17) is 9.26 Å². The Kier molecular flexibility index (Phi) is 5.53. The molecule has 1 aliphatic heterocycles. The van der Waals surface area contributed by atoms with E-state index in [1.807, 2.05) is 6.07 Å². The number of hydrogen-bond acceptors (Lipinski definition) is 6. The quantitative estimate of drug-likeness (QED) is 0.786. The van der Waals surface area contributed by atoms with Crippen molar-refractivity contribution in [3.05, 3.63) is 52.9 Å². The van der Waals surface area contributed by atoms with Crippen LogP contribution in [-0.4, -0.2) is 47.7 Å². The summed E-state index contributed by atoms with van der Waals surface area (Å²) >= 11 is 0. The molecule has 0 radical (unpaired) electrons. The van der Waals surface area contributed by atoms with E-state index in [1.54, 1.807) is 36.2 Å². The number of benzene rings is 1. The zero-order valence-corrected chi connectivity index (χ0v) is 15.9. The van der Waals surface area contributed by atoms with Crippen LogP contribution in [0.15, 0.2) is 34.9 Å². The van der Waals surface area contributed by atoms with E-state index in [9.17, 15) is 9.59 Å². The number of fused-ring (bicyclic) bond motifs is 1. The van der Waals surface area contributed by atoms with Gasteiger partial charge in [-0.1, -0.05) is 23.4 Å². The number of esters is 1. The van der Waals surface area contributed by atoms with Crippen molar-refractivity contribution < 1.29 is 18.8 Å². The Bertz CT molecular complexity index is 833. The van der Waals surface area contributed by atoms with E-state index in [-0.39, 0.29) is 30.9 Å². The van der Waals surface area contributed by atoms with Gasteiger partial charge >= 0.3 is 5.97 Å². The number of carbonyl (C=O) groups is 2. The molecule has 2 aliphatic rings. The minimum Gasteiger partial charge on any atom is -0.460 e. The van der Waals surface area contributed by atoms with Crippen molar-refractivity contribution in [1.82, 2.24) is 15.4 Å². The largest absolute Gasteiger partial charge is 0.460 e. The summed E-state index contributed by atoms with van der Waals surface area (Å²) in [6, 6.07) is 8.86. The van der Waals surface area contributed by atoms with Gasteiger partial charge in [0.05, 0.1) is 11.1 Å². The molecule has 1 saturated carbocycles. The van der Waals surface area contributed by atoms with Gasteiger partial charge in [-0.25, -0.2) is 4.79 Å². The van der Waals surface area contributed by atoms with Gasteiger partial charge in [0.2, 0.25) is 0 Å². The minimum atomic E-state index is -0.449. The van der Waals surface area contributed by atoms with Gasteiger partial charge in [0.15, 0.2) is 5.69 Å². The Morgan fingerprint density at radius 1 is 1.30 bits per heavy atom. The maximum absolute atomic E-state index is 12.9. The average molecular weight is 392 g/mol. The lowest BCUT2D eigenvalue weighted by atomic mass is 10.1. The van der Waals surface area contributed by atoms with Crippen molar-refractivity contribution in [2.45, 2.75) is 31.3 Å². The highest BCUT2D eigenvalue weighted by atomic mass is 35.5. The van der Waals surface area contributed by atoms with Crippen LogP contribution in [0.4, 0.5) is 0 Å². The molecule has 1 aromatic heterocycles. The maximum Gasteiger partial charge on any atom is 0.338 e. The van der Waals surface area contributed by atoms with Crippen LogP contribution in [0.5, 0.6) is 0 Å². The molecule has 1 fully saturated rings. The first-order valence-corrected chi connectivity index (χ1v) is 8.79. The first-order chi connectivity index (χ1) is 12.6. The van der Waals surface area contributed by atoms with E-state index in [2.05, 4.69) is 10.5 Å². The van der Waals surface area contributed by atoms with Gasteiger partial charge in [-0.3, -0.25) is 4.79 Å². The molecule has 144 valence electrons. The molecule has 1 amide bonds. The van der Waals surface area contributed by atoms with Crippen LogP contribution in [0.3, 0.4) is 0 Å². The third kappa shape index (κ3) is 3.70. The van der Waals surface area contributed by atoms with E-state index >= 15 is 0 Å². The number of carbonyl (C=O) groups excluding carboxylic acids is 2. The highest BCUT2D eigenvalue weighted by Gasteiger charge is 2.50. The predicted octanol–water partition coefficient (Wildman–Crippen LogP) is 2.20. The van der Waals surface area contributed by atoms with Crippen LogP contribution in [0.2, 0.25) is 0 Å². The fraction of sp³-hybridized carbons (Fsp3) is 0.421. The number of likely N-dealkylation sites (N-methyl/N-ethyl adjacent to an activating group) is 1. The molecule has 27 heavy (non-hydrogen) atoms. The highest BCUT2D eigenvalue weighted by Crippen LogP contribution is 2.42. The topological polar surface area (TPSA) is 84.7 Å². The summed E-state index contributed by atoms with van der Waals surface area (Å²) in [5.74, 6) is 0.216. The van der Waals surface area contributed by atoms with Gasteiger partial charge in [-0.2, -0.15) is 0 Å². The lowest BCUT2D eigenvalue weighted by Crippen LogP contribution is -2.43. The lowest BCUT2D eigenvalue weighted by molar-refractivity contribution is 0.0307. The molecule has 1 aliphatic carbocycles. The van der Waals surface area contributed by atoms with Crippen molar-refractivity contribution in [2.75, 3.05) is 20.2 Å². The monoisotopic (exact) mass is 391 g/mol. The van der Waals surface area contributed by atoms with E-state index in [1.165, 1.54) is 0 Å².